The molecular weight excluding hydrogens is 363 g/mol. The molecule has 2 atom stereocenters. The van der Waals surface area contributed by atoms with Gasteiger partial charge in [0.05, 0.1) is 19.1 Å². The van der Waals surface area contributed by atoms with E-state index in [1.807, 2.05) is 31.2 Å². The van der Waals surface area contributed by atoms with Crippen molar-refractivity contribution in [1.82, 2.24) is 0 Å². The fourth-order valence-electron chi connectivity index (χ4n) is 5.11. The number of carboxylic acids is 1. The minimum atomic E-state index is -0.845. The molecule has 28 heavy (non-hydrogen) atoms. The van der Waals surface area contributed by atoms with E-state index >= 15 is 0 Å². The summed E-state index contributed by atoms with van der Waals surface area (Å²) in [4.78, 5) is 11.0. The first kappa shape index (κ1) is 23.7. The molecule has 1 aromatic rings. The van der Waals surface area contributed by atoms with Gasteiger partial charge >= 0.3 is 35.5 Å². The van der Waals surface area contributed by atoms with E-state index in [1.165, 1.54) is 57.8 Å². The van der Waals surface area contributed by atoms with Crippen LogP contribution in [0.15, 0.2) is 24.3 Å². The molecule has 2 unspecified atom stereocenters. The molecule has 1 spiro atoms. The SMILES string of the molecule is CCOC(CC(=O)O)c1ccc(OCC2CCCC3(CCCCC3)C2)cc1.[NaH]. The van der Waals surface area contributed by atoms with Crippen LogP contribution in [-0.2, 0) is 9.53 Å². The van der Waals surface area contributed by atoms with E-state index in [4.69, 9.17) is 14.6 Å². The molecule has 5 heteroatoms. The van der Waals surface area contributed by atoms with E-state index in [2.05, 4.69) is 0 Å². The number of hydrogen-bond donors (Lipinski definition) is 1. The normalized spacial score (nSPS) is 22.2. The predicted octanol–water partition coefficient (Wildman–Crippen LogP) is 5.11. The Hall–Kier alpha value is -0.550. The Bertz CT molecular complexity index is 590. The molecule has 152 valence electrons. The van der Waals surface area contributed by atoms with Crippen LogP contribution >= 0.6 is 0 Å². The zero-order valence-corrected chi connectivity index (χ0v) is 16.6. The van der Waals surface area contributed by atoms with Gasteiger partial charge in [-0.25, -0.2) is 0 Å². The molecular formula is C23H35NaO4. The third kappa shape index (κ3) is 6.76. The molecule has 1 aromatic carbocycles. The van der Waals surface area contributed by atoms with Gasteiger partial charge in [0.2, 0.25) is 0 Å². The average Bonchev–Trinajstić information content (AvgIpc) is 2.67. The summed E-state index contributed by atoms with van der Waals surface area (Å²) in [6.45, 7) is 3.18. The van der Waals surface area contributed by atoms with Gasteiger partial charge in [-0.15, -0.1) is 0 Å². The van der Waals surface area contributed by atoms with Gasteiger partial charge in [0.1, 0.15) is 5.75 Å². The molecule has 0 aromatic heterocycles. The van der Waals surface area contributed by atoms with E-state index in [9.17, 15) is 4.79 Å². The fourth-order valence-corrected chi connectivity index (χ4v) is 5.11. The van der Waals surface area contributed by atoms with Crippen LogP contribution in [0, 0.1) is 11.3 Å². The Labute approximate surface area is 191 Å². The van der Waals surface area contributed by atoms with Crippen LogP contribution in [0.2, 0.25) is 0 Å². The molecule has 2 fully saturated rings. The summed E-state index contributed by atoms with van der Waals surface area (Å²) in [6, 6.07) is 7.76. The first-order valence-electron chi connectivity index (χ1n) is 10.7. The van der Waals surface area contributed by atoms with Crippen molar-refractivity contribution in [1.29, 1.82) is 0 Å². The number of carbonyl (C=O) groups is 1. The minimum absolute atomic E-state index is 0. The van der Waals surface area contributed by atoms with Crippen LogP contribution in [0.3, 0.4) is 0 Å². The van der Waals surface area contributed by atoms with Crippen molar-refractivity contribution in [2.75, 3.05) is 13.2 Å². The van der Waals surface area contributed by atoms with Crippen molar-refractivity contribution in [3.05, 3.63) is 29.8 Å². The van der Waals surface area contributed by atoms with Crippen LogP contribution < -0.4 is 4.74 Å². The molecule has 3 rings (SSSR count). The predicted molar refractivity (Wildman–Crippen MR) is 113 cm³/mol. The van der Waals surface area contributed by atoms with Crippen LogP contribution in [0.25, 0.3) is 0 Å². The first-order valence-corrected chi connectivity index (χ1v) is 10.7. The second kappa shape index (κ2) is 11.6. The molecule has 0 amide bonds. The zero-order valence-electron chi connectivity index (χ0n) is 16.6. The first-order chi connectivity index (χ1) is 13.1. The Morgan fingerprint density at radius 2 is 1.82 bits per heavy atom. The van der Waals surface area contributed by atoms with Crippen LogP contribution in [0.5, 0.6) is 5.75 Å². The molecule has 2 aliphatic rings. The van der Waals surface area contributed by atoms with Gasteiger partial charge in [0.25, 0.3) is 0 Å². The summed E-state index contributed by atoms with van der Waals surface area (Å²) in [5, 5.41) is 9.06. The molecule has 0 radical (unpaired) electrons. The molecule has 1 N–H and O–H groups in total. The number of carboxylic acid groups (broad SMARTS) is 1. The van der Waals surface area contributed by atoms with Gasteiger partial charge in [0.15, 0.2) is 0 Å². The van der Waals surface area contributed by atoms with Gasteiger partial charge in [-0.2, -0.15) is 0 Å². The van der Waals surface area contributed by atoms with E-state index in [-0.39, 0.29) is 36.0 Å². The Morgan fingerprint density at radius 3 is 2.46 bits per heavy atom. The Kier molecular flexibility index (Phi) is 9.82. The van der Waals surface area contributed by atoms with Gasteiger partial charge in [0, 0.05) is 6.61 Å². The van der Waals surface area contributed by atoms with Crippen molar-refractivity contribution in [2.45, 2.75) is 77.2 Å². The molecule has 0 aliphatic heterocycles. The van der Waals surface area contributed by atoms with E-state index in [1.54, 1.807) is 0 Å². The monoisotopic (exact) mass is 398 g/mol. The molecule has 2 aliphatic carbocycles. The molecule has 0 bridgehead atoms. The number of rotatable bonds is 8. The van der Waals surface area contributed by atoms with Crippen molar-refractivity contribution < 1.29 is 19.4 Å². The summed E-state index contributed by atoms with van der Waals surface area (Å²) >= 11 is 0. The van der Waals surface area contributed by atoms with E-state index in [0.717, 1.165) is 17.9 Å². The van der Waals surface area contributed by atoms with Gasteiger partial charge < -0.3 is 14.6 Å². The summed E-state index contributed by atoms with van der Waals surface area (Å²) in [6.07, 6.45) is 12.0. The molecule has 0 heterocycles. The second-order valence-corrected chi connectivity index (χ2v) is 8.44. The molecule has 2 saturated carbocycles. The topological polar surface area (TPSA) is 55.8 Å². The average molecular weight is 399 g/mol. The van der Waals surface area contributed by atoms with Gasteiger partial charge in [-0.1, -0.05) is 37.8 Å². The van der Waals surface area contributed by atoms with Gasteiger partial charge in [-0.05, 0) is 68.1 Å². The molecule has 4 nitrogen and oxygen atoms in total. The van der Waals surface area contributed by atoms with E-state index in [0.29, 0.717) is 17.9 Å². The number of ether oxygens (including phenoxy) is 2. The summed E-state index contributed by atoms with van der Waals surface area (Å²) < 4.78 is 11.7. The standard InChI is InChI=1S/C23H34O4.Na.H/c1-2-26-21(15-22(24)25)19-8-10-20(11-9-19)27-17-18-7-6-14-23(16-18)12-4-3-5-13-23;;/h8-11,18,21H,2-7,12-17H2,1H3,(H,24,25);;. The molecule has 0 saturated heterocycles. The van der Waals surface area contributed by atoms with Crippen LogP contribution in [0.4, 0.5) is 0 Å². The Morgan fingerprint density at radius 1 is 1.14 bits per heavy atom. The third-order valence-electron chi connectivity index (χ3n) is 6.42. The van der Waals surface area contributed by atoms with Crippen molar-refractivity contribution >= 4 is 35.5 Å². The third-order valence-corrected chi connectivity index (χ3v) is 6.42. The van der Waals surface area contributed by atoms with Crippen molar-refractivity contribution in [3.8, 4) is 5.75 Å². The van der Waals surface area contributed by atoms with Crippen LogP contribution in [-0.4, -0.2) is 53.8 Å². The second-order valence-electron chi connectivity index (χ2n) is 8.44. The summed E-state index contributed by atoms with van der Waals surface area (Å²) in [5.41, 5.74) is 1.50. The summed E-state index contributed by atoms with van der Waals surface area (Å²) in [5.74, 6) is 0.690. The number of hydrogen-bond acceptors (Lipinski definition) is 3. The fraction of sp³-hybridized carbons (Fsp3) is 0.696. The van der Waals surface area contributed by atoms with Crippen molar-refractivity contribution in [3.63, 3.8) is 0 Å². The summed E-state index contributed by atoms with van der Waals surface area (Å²) in [7, 11) is 0. The number of benzene rings is 1. The van der Waals surface area contributed by atoms with E-state index < -0.39 is 12.1 Å². The zero-order chi connectivity index (χ0) is 19.1. The number of aliphatic carboxylic acids is 1. The quantitative estimate of drug-likeness (QED) is 0.618. The maximum atomic E-state index is 11.0. The maximum absolute atomic E-state index is 11.0. The van der Waals surface area contributed by atoms with Crippen molar-refractivity contribution in [2.24, 2.45) is 11.3 Å². The van der Waals surface area contributed by atoms with Gasteiger partial charge in [-0.3, -0.25) is 4.79 Å². The Balaban J connectivity index is 0.00000280. The van der Waals surface area contributed by atoms with Crippen LogP contribution in [0.1, 0.15) is 82.8 Å².